The molecule has 5 nitrogen and oxygen atoms in total. The van der Waals surface area contributed by atoms with Crippen LogP contribution < -0.4 is 10.6 Å². The first-order valence-corrected chi connectivity index (χ1v) is 7.82. The fourth-order valence-electron chi connectivity index (χ4n) is 2.29. The minimum Gasteiger partial charge on any atom is -0.481 e. The largest absolute Gasteiger partial charge is 0.481 e. The van der Waals surface area contributed by atoms with Crippen LogP contribution in [0.2, 0.25) is 10.0 Å². The van der Waals surface area contributed by atoms with Crippen molar-refractivity contribution in [3.05, 3.63) is 26.7 Å². The maximum Gasteiger partial charge on any atom is 0.319 e. The van der Waals surface area contributed by atoms with Gasteiger partial charge in [0.15, 0.2) is 0 Å². The van der Waals surface area contributed by atoms with E-state index in [1.165, 1.54) is 0 Å². The number of carbonyl (C=O) groups is 2. The Kier molecular flexibility index (Phi) is 5.01. The molecule has 1 aliphatic rings. The number of hydrogen-bond acceptors (Lipinski definition) is 2. The predicted octanol–water partition coefficient (Wildman–Crippen LogP) is 4.27. The van der Waals surface area contributed by atoms with Gasteiger partial charge in [0.1, 0.15) is 0 Å². The molecule has 1 saturated carbocycles. The van der Waals surface area contributed by atoms with Gasteiger partial charge in [-0.05, 0) is 31.4 Å². The summed E-state index contributed by atoms with van der Waals surface area (Å²) in [5.74, 6) is -0.935. The number of carboxylic acid groups (broad SMARTS) is 1. The number of hydrogen-bond donors (Lipinski definition) is 3. The van der Waals surface area contributed by atoms with E-state index < -0.39 is 17.5 Å². The molecule has 2 rings (SSSR count). The molecule has 2 amide bonds. The molecule has 0 spiro atoms. The lowest BCUT2D eigenvalue weighted by atomic mass is 9.74. The van der Waals surface area contributed by atoms with Crippen molar-refractivity contribution in [3.63, 3.8) is 0 Å². The Morgan fingerprint density at radius 2 is 1.86 bits per heavy atom. The highest BCUT2D eigenvalue weighted by Gasteiger charge is 2.40. The summed E-state index contributed by atoms with van der Waals surface area (Å²) in [6, 6.07) is 2.71. The molecule has 3 N–H and O–H groups in total. The van der Waals surface area contributed by atoms with Crippen LogP contribution in [0.3, 0.4) is 0 Å². The Morgan fingerprint density at radius 1 is 1.29 bits per heavy atom. The highest BCUT2D eigenvalue weighted by atomic mass is 79.9. The van der Waals surface area contributed by atoms with Gasteiger partial charge in [-0.25, -0.2) is 4.79 Å². The monoisotopic (exact) mass is 394 g/mol. The third kappa shape index (κ3) is 4.02. The van der Waals surface area contributed by atoms with E-state index in [0.717, 1.165) is 6.42 Å². The second-order valence-corrected chi connectivity index (χ2v) is 6.76. The van der Waals surface area contributed by atoms with Crippen LogP contribution in [-0.2, 0) is 4.79 Å². The Morgan fingerprint density at radius 3 is 2.29 bits per heavy atom. The van der Waals surface area contributed by atoms with Crippen molar-refractivity contribution >= 4 is 56.8 Å². The Bertz CT molecular complexity index is 568. The molecule has 0 radical (unpaired) electrons. The van der Waals surface area contributed by atoms with Gasteiger partial charge in [-0.2, -0.15) is 0 Å². The molecule has 1 fully saturated rings. The predicted molar refractivity (Wildman–Crippen MR) is 85.2 cm³/mol. The Labute approximate surface area is 140 Å². The van der Waals surface area contributed by atoms with E-state index in [1.807, 2.05) is 0 Å². The highest BCUT2D eigenvalue weighted by molar-refractivity contribution is 9.10. The third-order valence-corrected chi connectivity index (χ3v) is 4.48. The average Bonchev–Trinajstić information content (AvgIpc) is 2.30. The summed E-state index contributed by atoms with van der Waals surface area (Å²) in [5.41, 5.74) is -0.381. The van der Waals surface area contributed by atoms with Gasteiger partial charge in [0, 0.05) is 4.47 Å². The zero-order valence-electron chi connectivity index (χ0n) is 10.9. The van der Waals surface area contributed by atoms with Crippen LogP contribution in [0.1, 0.15) is 25.7 Å². The second-order valence-electron chi connectivity index (χ2n) is 5.03. The van der Waals surface area contributed by atoms with Crippen molar-refractivity contribution in [2.24, 2.45) is 0 Å². The molecule has 114 valence electrons. The fraction of sp³-hybridized carbons (Fsp3) is 0.385. The van der Waals surface area contributed by atoms with Gasteiger partial charge in [0.2, 0.25) is 0 Å². The van der Waals surface area contributed by atoms with Gasteiger partial charge in [-0.1, -0.05) is 39.1 Å². The summed E-state index contributed by atoms with van der Waals surface area (Å²) in [4.78, 5) is 22.9. The number of nitrogens with one attached hydrogen (secondary N) is 2. The first-order valence-electron chi connectivity index (χ1n) is 6.27. The smallest absolute Gasteiger partial charge is 0.319 e. The zero-order valence-corrected chi connectivity index (χ0v) is 14.0. The van der Waals surface area contributed by atoms with Crippen molar-refractivity contribution < 1.29 is 14.7 Å². The molecule has 8 heteroatoms. The lowest BCUT2D eigenvalue weighted by Gasteiger charge is -2.41. The van der Waals surface area contributed by atoms with Crippen LogP contribution in [0, 0.1) is 0 Å². The summed E-state index contributed by atoms with van der Waals surface area (Å²) >= 11 is 15.3. The SMILES string of the molecule is O=C(O)CC1(NC(=O)Nc2c(Cl)cc(Br)cc2Cl)CCC1. The molecule has 0 bridgehead atoms. The van der Waals surface area contributed by atoms with E-state index in [-0.39, 0.29) is 6.42 Å². The first-order chi connectivity index (χ1) is 9.81. The lowest BCUT2D eigenvalue weighted by Crippen LogP contribution is -2.55. The van der Waals surface area contributed by atoms with Crippen molar-refractivity contribution in [2.75, 3.05) is 5.32 Å². The van der Waals surface area contributed by atoms with E-state index in [2.05, 4.69) is 26.6 Å². The molecule has 1 aromatic rings. The molecule has 0 heterocycles. The number of rotatable bonds is 4. The molecular formula is C13H13BrCl2N2O3. The molecular weight excluding hydrogens is 383 g/mol. The van der Waals surface area contributed by atoms with E-state index in [9.17, 15) is 9.59 Å². The minimum absolute atomic E-state index is 0.0950. The van der Waals surface area contributed by atoms with Crippen molar-refractivity contribution in [1.82, 2.24) is 5.32 Å². The minimum atomic E-state index is -0.935. The Balaban J connectivity index is 2.07. The number of urea groups is 1. The molecule has 1 aliphatic carbocycles. The van der Waals surface area contributed by atoms with Crippen LogP contribution in [0.4, 0.5) is 10.5 Å². The van der Waals surface area contributed by atoms with Crippen LogP contribution in [-0.4, -0.2) is 22.6 Å². The number of halogens is 3. The first kappa shape index (κ1) is 16.4. The third-order valence-electron chi connectivity index (χ3n) is 3.42. The van der Waals surface area contributed by atoms with E-state index >= 15 is 0 Å². The van der Waals surface area contributed by atoms with E-state index in [0.29, 0.717) is 33.0 Å². The quantitative estimate of drug-likeness (QED) is 0.711. The summed E-state index contributed by atoms with van der Waals surface area (Å²) in [7, 11) is 0. The molecule has 0 unspecified atom stereocenters. The number of amides is 2. The van der Waals surface area contributed by atoms with Gasteiger partial charge >= 0.3 is 12.0 Å². The molecule has 0 aromatic heterocycles. The summed E-state index contributed by atoms with van der Waals surface area (Å²) in [5, 5.41) is 14.8. The molecule has 0 atom stereocenters. The van der Waals surface area contributed by atoms with Gasteiger partial charge in [-0.15, -0.1) is 0 Å². The number of carbonyl (C=O) groups excluding carboxylic acids is 1. The number of anilines is 1. The van der Waals surface area contributed by atoms with Crippen LogP contribution in [0.5, 0.6) is 0 Å². The van der Waals surface area contributed by atoms with Crippen molar-refractivity contribution in [1.29, 1.82) is 0 Å². The average molecular weight is 396 g/mol. The number of benzene rings is 1. The normalized spacial score (nSPS) is 16.0. The number of carboxylic acids is 1. The topological polar surface area (TPSA) is 78.4 Å². The van der Waals surface area contributed by atoms with Gasteiger partial charge in [0.25, 0.3) is 0 Å². The molecule has 0 aliphatic heterocycles. The van der Waals surface area contributed by atoms with Gasteiger partial charge in [-0.3, -0.25) is 4.79 Å². The van der Waals surface area contributed by atoms with E-state index in [1.54, 1.807) is 12.1 Å². The van der Waals surface area contributed by atoms with Crippen LogP contribution in [0.15, 0.2) is 16.6 Å². The van der Waals surface area contributed by atoms with E-state index in [4.69, 9.17) is 28.3 Å². The zero-order chi connectivity index (χ0) is 15.6. The van der Waals surface area contributed by atoms with Gasteiger partial charge < -0.3 is 15.7 Å². The second kappa shape index (κ2) is 6.42. The van der Waals surface area contributed by atoms with Crippen LogP contribution in [0.25, 0.3) is 0 Å². The molecule has 21 heavy (non-hydrogen) atoms. The fourth-order valence-corrected chi connectivity index (χ4v) is 3.59. The summed E-state index contributed by atoms with van der Waals surface area (Å²) in [6.07, 6.45) is 2.10. The molecule has 0 saturated heterocycles. The highest BCUT2D eigenvalue weighted by Crippen LogP contribution is 2.36. The molecule has 1 aromatic carbocycles. The number of aliphatic carboxylic acids is 1. The Hall–Kier alpha value is -0.980. The van der Waals surface area contributed by atoms with Gasteiger partial charge in [0.05, 0.1) is 27.7 Å². The standard InChI is InChI=1S/C13H13BrCl2N2O3/c14-7-4-8(15)11(9(16)5-7)17-12(21)18-13(2-1-3-13)6-10(19)20/h4-5H,1-3,6H2,(H,19,20)(H2,17,18,21). The summed E-state index contributed by atoms with van der Waals surface area (Å²) in [6.45, 7) is 0. The lowest BCUT2D eigenvalue weighted by molar-refractivity contribution is -0.139. The van der Waals surface area contributed by atoms with Crippen molar-refractivity contribution in [2.45, 2.75) is 31.2 Å². The van der Waals surface area contributed by atoms with Crippen LogP contribution >= 0.6 is 39.1 Å². The summed E-state index contributed by atoms with van der Waals surface area (Å²) < 4.78 is 0.699. The van der Waals surface area contributed by atoms with Crippen molar-refractivity contribution in [3.8, 4) is 0 Å². The maximum atomic E-state index is 12.0. The maximum absolute atomic E-state index is 12.0.